The number of benzene rings is 1. The van der Waals surface area contributed by atoms with Gasteiger partial charge in [0.2, 0.25) is 5.91 Å². The molecule has 0 saturated heterocycles. The summed E-state index contributed by atoms with van der Waals surface area (Å²) in [7, 11) is 0. The minimum atomic E-state index is -0.848. The van der Waals surface area contributed by atoms with Crippen LogP contribution in [0.2, 0.25) is 0 Å². The third kappa shape index (κ3) is 6.75. The summed E-state index contributed by atoms with van der Waals surface area (Å²) in [6.45, 7) is 6.84. The molecular weight excluding hydrogens is 266 g/mol. The van der Waals surface area contributed by atoms with Gasteiger partial charge in [-0.2, -0.15) is 0 Å². The largest absolute Gasteiger partial charge is 0.481 e. The maximum absolute atomic E-state index is 11.5. The molecule has 1 aromatic rings. The number of carboxylic acids is 1. The van der Waals surface area contributed by atoms with Crippen molar-refractivity contribution in [1.29, 1.82) is 0 Å². The fourth-order valence-corrected chi connectivity index (χ4v) is 1.78. The van der Waals surface area contributed by atoms with Crippen molar-refractivity contribution in [3.8, 4) is 0 Å². The maximum atomic E-state index is 11.5. The van der Waals surface area contributed by atoms with Crippen LogP contribution in [0.25, 0.3) is 6.08 Å². The van der Waals surface area contributed by atoms with E-state index in [1.807, 2.05) is 12.1 Å². The summed E-state index contributed by atoms with van der Waals surface area (Å²) in [6, 6.07) is 8.08. The molecule has 0 spiro atoms. The molecule has 1 rings (SSSR count). The monoisotopic (exact) mass is 289 g/mol. The van der Waals surface area contributed by atoms with E-state index in [2.05, 4.69) is 38.2 Å². The Morgan fingerprint density at radius 2 is 1.81 bits per heavy atom. The molecule has 0 radical (unpaired) electrons. The second-order valence-corrected chi connectivity index (χ2v) is 5.99. The molecule has 0 aliphatic carbocycles. The number of carboxylic acid groups (broad SMARTS) is 1. The van der Waals surface area contributed by atoms with Crippen molar-refractivity contribution in [2.45, 2.75) is 39.0 Å². The quantitative estimate of drug-likeness (QED) is 0.625. The van der Waals surface area contributed by atoms with Gasteiger partial charge >= 0.3 is 5.97 Å². The first-order valence-electron chi connectivity index (χ1n) is 7.07. The van der Waals surface area contributed by atoms with E-state index in [1.165, 1.54) is 11.6 Å². The van der Waals surface area contributed by atoms with E-state index in [4.69, 9.17) is 5.11 Å². The number of rotatable bonds is 6. The average molecular weight is 289 g/mol. The van der Waals surface area contributed by atoms with Gasteiger partial charge in [-0.25, -0.2) is 0 Å². The van der Waals surface area contributed by atoms with Crippen molar-refractivity contribution in [3.05, 3.63) is 41.5 Å². The Kier molecular flexibility index (Phi) is 6.15. The molecule has 114 valence electrons. The fraction of sp³-hybridized carbons (Fsp3) is 0.412. The second-order valence-electron chi connectivity index (χ2n) is 5.99. The normalized spacial score (nSPS) is 11.6. The number of hydrogen-bond acceptors (Lipinski definition) is 2. The molecule has 0 unspecified atom stereocenters. The SMILES string of the molecule is CC(C)(C)c1ccc(/C=C/C(=O)NCCCC(=O)O)cc1. The number of amides is 1. The van der Waals surface area contributed by atoms with E-state index < -0.39 is 5.97 Å². The van der Waals surface area contributed by atoms with Gasteiger partial charge in [-0.1, -0.05) is 45.0 Å². The summed E-state index contributed by atoms with van der Waals surface area (Å²) >= 11 is 0. The molecule has 0 bridgehead atoms. The van der Waals surface area contributed by atoms with Crippen molar-refractivity contribution in [3.63, 3.8) is 0 Å². The fourth-order valence-electron chi connectivity index (χ4n) is 1.78. The molecule has 21 heavy (non-hydrogen) atoms. The van der Waals surface area contributed by atoms with Gasteiger partial charge in [0.1, 0.15) is 0 Å². The average Bonchev–Trinajstić information content (AvgIpc) is 2.40. The van der Waals surface area contributed by atoms with Crippen molar-refractivity contribution in [2.24, 2.45) is 0 Å². The van der Waals surface area contributed by atoms with Gasteiger partial charge in [-0.05, 0) is 29.0 Å². The minimum absolute atomic E-state index is 0.0677. The first-order chi connectivity index (χ1) is 9.79. The highest BCUT2D eigenvalue weighted by Crippen LogP contribution is 2.22. The van der Waals surface area contributed by atoms with Crippen LogP contribution >= 0.6 is 0 Å². The first kappa shape index (κ1) is 17.0. The lowest BCUT2D eigenvalue weighted by molar-refractivity contribution is -0.137. The van der Waals surface area contributed by atoms with Crippen molar-refractivity contribution in [1.82, 2.24) is 5.32 Å². The number of carbonyl (C=O) groups is 2. The molecule has 0 aromatic heterocycles. The zero-order valence-corrected chi connectivity index (χ0v) is 12.8. The summed E-state index contributed by atoms with van der Waals surface area (Å²) < 4.78 is 0. The van der Waals surface area contributed by atoms with Crippen molar-refractivity contribution >= 4 is 18.0 Å². The van der Waals surface area contributed by atoms with Gasteiger partial charge in [-0.3, -0.25) is 9.59 Å². The third-order valence-corrected chi connectivity index (χ3v) is 3.07. The van der Waals surface area contributed by atoms with Crippen LogP contribution in [0.5, 0.6) is 0 Å². The Morgan fingerprint density at radius 3 is 2.33 bits per heavy atom. The predicted octanol–water partition coefficient (Wildman–Crippen LogP) is 2.98. The van der Waals surface area contributed by atoms with Crippen LogP contribution in [0.15, 0.2) is 30.3 Å². The van der Waals surface area contributed by atoms with Crippen LogP contribution in [0, 0.1) is 0 Å². The Hall–Kier alpha value is -2.10. The predicted molar refractivity (Wildman–Crippen MR) is 84.1 cm³/mol. The van der Waals surface area contributed by atoms with Gasteiger partial charge in [0.05, 0.1) is 0 Å². The third-order valence-electron chi connectivity index (χ3n) is 3.07. The maximum Gasteiger partial charge on any atom is 0.303 e. The smallest absolute Gasteiger partial charge is 0.303 e. The lowest BCUT2D eigenvalue weighted by Crippen LogP contribution is -2.22. The van der Waals surface area contributed by atoms with Gasteiger partial charge in [-0.15, -0.1) is 0 Å². The summed E-state index contributed by atoms with van der Waals surface area (Å²) in [5.74, 6) is -1.06. The van der Waals surface area contributed by atoms with Crippen LogP contribution in [0.1, 0.15) is 44.7 Å². The summed E-state index contributed by atoms with van der Waals surface area (Å²) in [6.07, 6.45) is 3.72. The summed E-state index contributed by atoms with van der Waals surface area (Å²) in [5, 5.41) is 11.1. The Bertz CT molecular complexity index is 510. The Balaban J connectivity index is 2.45. The van der Waals surface area contributed by atoms with E-state index in [1.54, 1.807) is 6.08 Å². The van der Waals surface area contributed by atoms with E-state index in [-0.39, 0.29) is 17.7 Å². The molecule has 0 atom stereocenters. The van der Waals surface area contributed by atoms with Crippen LogP contribution in [0.4, 0.5) is 0 Å². The van der Waals surface area contributed by atoms with E-state index in [0.717, 1.165) is 5.56 Å². The standard InChI is InChI=1S/C17H23NO3/c1-17(2,3)14-9-6-13(7-10-14)8-11-15(19)18-12-4-5-16(20)21/h6-11H,4-5,12H2,1-3H3,(H,18,19)(H,20,21)/b11-8+. The molecule has 2 N–H and O–H groups in total. The highest BCUT2D eigenvalue weighted by molar-refractivity contribution is 5.91. The van der Waals surface area contributed by atoms with E-state index in [0.29, 0.717) is 13.0 Å². The highest BCUT2D eigenvalue weighted by atomic mass is 16.4. The lowest BCUT2D eigenvalue weighted by Gasteiger charge is -2.18. The number of hydrogen-bond donors (Lipinski definition) is 2. The molecule has 1 aromatic carbocycles. The molecule has 0 fully saturated rings. The summed E-state index contributed by atoms with van der Waals surface area (Å²) in [4.78, 5) is 21.9. The molecule has 0 saturated carbocycles. The number of nitrogens with one attached hydrogen (secondary N) is 1. The van der Waals surface area contributed by atoms with Crippen LogP contribution in [0.3, 0.4) is 0 Å². The molecule has 0 aliphatic rings. The Morgan fingerprint density at radius 1 is 1.19 bits per heavy atom. The molecule has 4 heteroatoms. The first-order valence-corrected chi connectivity index (χ1v) is 7.07. The number of carbonyl (C=O) groups excluding carboxylic acids is 1. The Labute approximate surface area is 125 Å². The van der Waals surface area contributed by atoms with E-state index >= 15 is 0 Å². The van der Waals surface area contributed by atoms with Gasteiger partial charge in [0.25, 0.3) is 0 Å². The molecule has 0 heterocycles. The molecule has 0 aliphatic heterocycles. The van der Waals surface area contributed by atoms with E-state index in [9.17, 15) is 9.59 Å². The minimum Gasteiger partial charge on any atom is -0.481 e. The second kappa shape index (κ2) is 7.62. The molecular formula is C17H23NO3. The van der Waals surface area contributed by atoms with Gasteiger partial charge in [0, 0.05) is 19.0 Å². The van der Waals surface area contributed by atoms with Crippen molar-refractivity contribution in [2.75, 3.05) is 6.54 Å². The van der Waals surface area contributed by atoms with Gasteiger partial charge in [0.15, 0.2) is 0 Å². The van der Waals surface area contributed by atoms with Crippen LogP contribution < -0.4 is 5.32 Å². The van der Waals surface area contributed by atoms with Crippen LogP contribution in [-0.2, 0) is 15.0 Å². The zero-order chi connectivity index (χ0) is 15.9. The molecule has 1 amide bonds. The van der Waals surface area contributed by atoms with Crippen molar-refractivity contribution < 1.29 is 14.7 Å². The molecule has 4 nitrogen and oxygen atoms in total. The lowest BCUT2D eigenvalue weighted by atomic mass is 9.87. The summed E-state index contributed by atoms with van der Waals surface area (Å²) in [5.41, 5.74) is 2.32. The number of aliphatic carboxylic acids is 1. The van der Waals surface area contributed by atoms with Gasteiger partial charge < -0.3 is 10.4 Å². The topological polar surface area (TPSA) is 66.4 Å². The highest BCUT2D eigenvalue weighted by Gasteiger charge is 2.12. The zero-order valence-electron chi connectivity index (χ0n) is 12.8. The van der Waals surface area contributed by atoms with Crippen LogP contribution in [-0.4, -0.2) is 23.5 Å².